The normalized spacial score (nSPS) is 38.2. The molecule has 0 nitrogen and oxygen atoms in total. The highest BCUT2D eigenvalue weighted by atomic mass is 14.4. The summed E-state index contributed by atoms with van der Waals surface area (Å²) in [5.74, 6) is 4.82. The van der Waals surface area contributed by atoms with Gasteiger partial charge >= 0.3 is 0 Å². The third-order valence-corrected chi connectivity index (χ3v) is 7.05. The molecule has 0 bridgehead atoms. The van der Waals surface area contributed by atoms with Crippen molar-refractivity contribution in [2.75, 3.05) is 0 Å². The quantitative estimate of drug-likeness (QED) is 0.584. The van der Waals surface area contributed by atoms with Gasteiger partial charge in [0.2, 0.25) is 0 Å². The summed E-state index contributed by atoms with van der Waals surface area (Å²) in [4.78, 5) is 0. The van der Waals surface area contributed by atoms with Gasteiger partial charge < -0.3 is 0 Å². The number of aryl methyl sites for hydroxylation is 1. The summed E-state index contributed by atoms with van der Waals surface area (Å²) in [7, 11) is 0. The molecule has 0 heteroatoms. The van der Waals surface area contributed by atoms with Gasteiger partial charge in [0.15, 0.2) is 0 Å². The van der Waals surface area contributed by atoms with Gasteiger partial charge in [-0.2, -0.15) is 0 Å². The van der Waals surface area contributed by atoms with E-state index in [0.717, 1.165) is 29.6 Å². The van der Waals surface area contributed by atoms with Crippen molar-refractivity contribution in [3.8, 4) is 0 Å². The topological polar surface area (TPSA) is 0 Å². The molecule has 22 heavy (non-hydrogen) atoms. The maximum atomic E-state index is 2.59. The number of rotatable bonds is 1. The van der Waals surface area contributed by atoms with Gasteiger partial charge in [-0.3, -0.25) is 0 Å². The Morgan fingerprint density at radius 2 is 1.59 bits per heavy atom. The Hall–Kier alpha value is -0.780. The lowest BCUT2D eigenvalue weighted by Gasteiger charge is -2.41. The van der Waals surface area contributed by atoms with E-state index in [9.17, 15) is 0 Å². The molecular weight excluding hydrogens is 264 g/mol. The summed E-state index contributed by atoms with van der Waals surface area (Å²) in [6.45, 7) is 4.87. The Morgan fingerprint density at radius 3 is 2.50 bits per heavy atom. The first kappa shape index (κ1) is 14.8. The van der Waals surface area contributed by atoms with Gasteiger partial charge in [0.1, 0.15) is 0 Å². The molecule has 1 aromatic carbocycles. The lowest BCUT2D eigenvalue weighted by molar-refractivity contribution is 0.124. The molecule has 3 aliphatic rings. The number of hydrogen-bond donors (Lipinski definition) is 0. The van der Waals surface area contributed by atoms with Crippen LogP contribution in [0.15, 0.2) is 18.2 Å². The van der Waals surface area contributed by atoms with Gasteiger partial charge in [0, 0.05) is 0 Å². The average molecular weight is 296 g/mol. The lowest BCUT2D eigenvalue weighted by Crippen LogP contribution is -2.29. The second-order valence-corrected chi connectivity index (χ2v) is 8.82. The minimum Gasteiger partial charge on any atom is -0.0625 e. The Balaban J connectivity index is 1.49. The lowest BCUT2D eigenvalue weighted by atomic mass is 9.64. The monoisotopic (exact) mass is 296 g/mol. The SMILES string of the molecule is CC1CCc2cc(C3CCC4CC(C)CCC4C3)ccc2C1. The molecule has 0 amide bonds. The minimum atomic E-state index is 0.860. The largest absolute Gasteiger partial charge is 0.0625 e. The summed E-state index contributed by atoms with van der Waals surface area (Å²) in [5.41, 5.74) is 4.99. The molecule has 0 radical (unpaired) electrons. The van der Waals surface area contributed by atoms with Crippen molar-refractivity contribution in [3.63, 3.8) is 0 Å². The molecule has 0 aliphatic heterocycles. The standard InChI is InChI=1S/C22H32/c1-15-3-5-19-13-21(9-7-17(19)11-15)22-10-8-18-12-16(2)4-6-20(18)14-22/h7,9,13,15-16,18,20,22H,3-6,8,10-12,14H2,1-2H3. The molecule has 120 valence electrons. The van der Waals surface area contributed by atoms with Crippen molar-refractivity contribution >= 4 is 0 Å². The van der Waals surface area contributed by atoms with Crippen LogP contribution in [0, 0.1) is 23.7 Å². The van der Waals surface area contributed by atoms with Crippen LogP contribution in [0.5, 0.6) is 0 Å². The first-order valence-corrected chi connectivity index (χ1v) is 9.80. The van der Waals surface area contributed by atoms with Crippen LogP contribution >= 0.6 is 0 Å². The molecule has 2 saturated carbocycles. The zero-order chi connectivity index (χ0) is 15.1. The van der Waals surface area contributed by atoms with E-state index in [1.807, 2.05) is 0 Å². The van der Waals surface area contributed by atoms with E-state index in [-0.39, 0.29) is 0 Å². The van der Waals surface area contributed by atoms with Crippen LogP contribution in [0.4, 0.5) is 0 Å². The molecule has 2 fully saturated rings. The summed E-state index contributed by atoms with van der Waals surface area (Å²) in [6, 6.07) is 7.54. The fourth-order valence-corrected chi connectivity index (χ4v) is 5.64. The molecule has 0 spiro atoms. The third-order valence-electron chi connectivity index (χ3n) is 7.05. The van der Waals surface area contributed by atoms with E-state index in [1.54, 1.807) is 16.7 Å². The Bertz CT molecular complexity index is 529. The molecule has 3 aliphatic carbocycles. The van der Waals surface area contributed by atoms with Gasteiger partial charge in [-0.05, 0) is 97.6 Å². The van der Waals surface area contributed by atoms with Crippen LogP contribution < -0.4 is 0 Å². The van der Waals surface area contributed by atoms with Crippen molar-refractivity contribution in [1.82, 2.24) is 0 Å². The molecule has 5 unspecified atom stereocenters. The van der Waals surface area contributed by atoms with Gasteiger partial charge in [-0.15, -0.1) is 0 Å². The first-order chi connectivity index (χ1) is 10.7. The minimum absolute atomic E-state index is 0.860. The summed E-state index contributed by atoms with van der Waals surface area (Å²) >= 11 is 0. The van der Waals surface area contributed by atoms with E-state index in [4.69, 9.17) is 0 Å². The average Bonchev–Trinajstić information content (AvgIpc) is 2.54. The van der Waals surface area contributed by atoms with Gasteiger partial charge in [0.25, 0.3) is 0 Å². The fraction of sp³-hybridized carbons (Fsp3) is 0.727. The van der Waals surface area contributed by atoms with Gasteiger partial charge in [-0.25, -0.2) is 0 Å². The van der Waals surface area contributed by atoms with Crippen molar-refractivity contribution in [2.24, 2.45) is 23.7 Å². The van der Waals surface area contributed by atoms with E-state index < -0.39 is 0 Å². The summed E-state index contributed by atoms with van der Waals surface area (Å²) in [6.07, 6.45) is 12.9. The Labute approximate surface area is 136 Å². The summed E-state index contributed by atoms with van der Waals surface area (Å²) < 4.78 is 0. The van der Waals surface area contributed by atoms with E-state index in [2.05, 4.69) is 32.0 Å². The molecular formula is C22H32. The second kappa shape index (κ2) is 6.02. The van der Waals surface area contributed by atoms with Crippen LogP contribution in [-0.4, -0.2) is 0 Å². The molecule has 0 aromatic heterocycles. The third kappa shape index (κ3) is 2.86. The highest BCUT2D eigenvalue weighted by Gasteiger charge is 2.35. The molecule has 5 atom stereocenters. The zero-order valence-electron chi connectivity index (χ0n) is 14.5. The van der Waals surface area contributed by atoms with E-state index >= 15 is 0 Å². The molecule has 0 N–H and O–H groups in total. The predicted octanol–water partition coefficient (Wildman–Crippen LogP) is 6.13. The highest BCUT2D eigenvalue weighted by molar-refractivity contribution is 5.36. The number of hydrogen-bond acceptors (Lipinski definition) is 0. The molecule has 4 rings (SSSR count). The number of benzene rings is 1. The maximum absolute atomic E-state index is 2.59. The van der Waals surface area contributed by atoms with Gasteiger partial charge in [-0.1, -0.05) is 38.5 Å². The van der Waals surface area contributed by atoms with Crippen LogP contribution in [-0.2, 0) is 12.8 Å². The fourth-order valence-electron chi connectivity index (χ4n) is 5.64. The van der Waals surface area contributed by atoms with Crippen molar-refractivity contribution in [3.05, 3.63) is 34.9 Å². The van der Waals surface area contributed by atoms with Crippen LogP contribution in [0.1, 0.15) is 81.4 Å². The summed E-state index contributed by atoms with van der Waals surface area (Å²) in [5, 5.41) is 0. The van der Waals surface area contributed by atoms with Crippen LogP contribution in [0.2, 0.25) is 0 Å². The van der Waals surface area contributed by atoms with E-state index in [1.165, 1.54) is 57.8 Å². The van der Waals surface area contributed by atoms with Crippen molar-refractivity contribution < 1.29 is 0 Å². The first-order valence-electron chi connectivity index (χ1n) is 9.80. The zero-order valence-corrected chi connectivity index (χ0v) is 14.5. The van der Waals surface area contributed by atoms with Crippen molar-refractivity contribution in [1.29, 1.82) is 0 Å². The van der Waals surface area contributed by atoms with Crippen LogP contribution in [0.25, 0.3) is 0 Å². The highest BCUT2D eigenvalue weighted by Crippen LogP contribution is 2.47. The van der Waals surface area contributed by atoms with Gasteiger partial charge in [0.05, 0.1) is 0 Å². The smallest absolute Gasteiger partial charge is 0.0159 e. The second-order valence-electron chi connectivity index (χ2n) is 8.82. The Kier molecular flexibility index (Phi) is 4.05. The van der Waals surface area contributed by atoms with Crippen LogP contribution in [0.3, 0.4) is 0 Å². The molecule has 0 heterocycles. The number of fused-ring (bicyclic) bond motifs is 2. The molecule has 0 saturated heterocycles. The van der Waals surface area contributed by atoms with E-state index in [0.29, 0.717) is 0 Å². The molecule has 1 aromatic rings. The Morgan fingerprint density at radius 1 is 0.773 bits per heavy atom. The maximum Gasteiger partial charge on any atom is -0.0159 e. The van der Waals surface area contributed by atoms with Crippen molar-refractivity contribution in [2.45, 2.75) is 77.6 Å². The predicted molar refractivity (Wildman–Crippen MR) is 94.2 cm³/mol.